The van der Waals surface area contributed by atoms with Gasteiger partial charge >= 0.3 is 0 Å². The van der Waals surface area contributed by atoms with Crippen LogP contribution in [-0.2, 0) is 27.3 Å². The summed E-state index contributed by atoms with van der Waals surface area (Å²) in [6.07, 6.45) is 1.44. The van der Waals surface area contributed by atoms with Crippen molar-refractivity contribution in [2.24, 2.45) is 0 Å². The molecule has 0 spiro atoms. The minimum Gasteiger partial charge on any atom is -0.376 e. The first-order chi connectivity index (χ1) is 12.8. The molecule has 0 aliphatic carbocycles. The normalized spacial score (nSPS) is 17.0. The number of hydrogen-bond acceptors (Lipinski definition) is 6. The van der Waals surface area contributed by atoms with Gasteiger partial charge in [0.1, 0.15) is 6.61 Å². The maximum atomic E-state index is 12.0. The number of nitrogens with zero attached hydrogens (tertiary/aromatic N) is 3. The summed E-state index contributed by atoms with van der Waals surface area (Å²) in [5.41, 5.74) is 1.14. The fourth-order valence-electron chi connectivity index (χ4n) is 2.93. The molecule has 0 saturated carbocycles. The Morgan fingerprint density at radius 3 is 2.96 bits per heavy atom. The number of rotatable bonds is 9. The molecular weight excluding hydrogens is 334 g/mol. The van der Waals surface area contributed by atoms with E-state index < -0.39 is 0 Å². The second-order valence-electron chi connectivity index (χ2n) is 6.30. The lowest BCUT2D eigenvalue weighted by Crippen LogP contribution is -2.31. The maximum absolute atomic E-state index is 12.0. The second-order valence-corrected chi connectivity index (χ2v) is 6.30. The van der Waals surface area contributed by atoms with Gasteiger partial charge in [-0.05, 0) is 18.9 Å². The molecule has 140 valence electrons. The van der Waals surface area contributed by atoms with Crippen LogP contribution in [0.3, 0.4) is 0 Å². The molecule has 1 amide bonds. The molecule has 26 heavy (non-hydrogen) atoms. The summed E-state index contributed by atoms with van der Waals surface area (Å²) in [4.78, 5) is 18.3. The number of benzene rings is 1. The van der Waals surface area contributed by atoms with Gasteiger partial charge in [0.25, 0.3) is 0 Å². The van der Waals surface area contributed by atoms with E-state index in [0.717, 1.165) is 12.0 Å². The van der Waals surface area contributed by atoms with Gasteiger partial charge in [0.15, 0.2) is 5.82 Å². The quantitative estimate of drug-likeness (QED) is 0.639. The number of ether oxygens (including phenoxy) is 2. The second kappa shape index (κ2) is 9.45. The molecule has 1 unspecified atom stereocenters. The molecule has 3 rings (SSSR count). The van der Waals surface area contributed by atoms with Gasteiger partial charge in [0, 0.05) is 26.1 Å². The van der Waals surface area contributed by atoms with Gasteiger partial charge in [0.2, 0.25) is 11.8 Å². The zero-order valence-electron chi connectivity index (χ0n) is 15.1. The van der Waals surface area contributed by atoms with Crippen molar-refractivity contribution >= 4 is 5.91 Å². The van der Waals surface area contributed by atoms with Crippen molar-refractivity contribution in [2.75, 3.05) is 32.9 Å². The summed E-state index contributed by atoms with van der Waals surface area (Å²) >= 11 is 0. The van der Waals surface area contributed by atoms with Crippen LogP contribution < -0.4 is 0 Å². The lowest BCUT2D eigenvalue weighted by Gasteiger charge is -2.15. The van der Waals surface area contributed by atoms with Crippen LogP contribution in [0.5, 0.6) is 0 Å². The van der Waals surface area contributed by atoms with E-state index in [9.17, 15) is 4.79 Å². The van der Waals surface area contributed by atoms with Crippen molar-refractivity contribution in [2.45, 2.75) is 32.3 Å². The molecule has 7 heteroatoms. The van der Waals surface area contributed by atoms with E-state index in [2.05, 4.69) is 10.1 Å². The number of aromatic nitrogens is 2. The number of hydrogen-bond donors (Lipinski definition) is 0. The molecule has 0 N–H and O–H groups in total. The standard InChI is InChI=1S/C19H25N3O4/c1-2-24-14-18(23)22-10-8-16(12-22)19-20-17(21-26-19)9-11-25-13-15-6-4-3-5-7-15/h3-7,16H,2,8-14H2,1H3. The molecular formula is C19H25N3O4. The first-order valence-electron chi connectivity index (χ1n) is 9.06. The SMILES string of the molecule is CCOCC(=O)N1CCC(c2nc(CCOCc3ccccc3)no2)C1. The van der Waals surface area contributed by atoms with E-state index in [-0.39, 0.29) is 18.4 Å². The van der Waals surface area contributed by atoms with E-state index in [1.54, 1.807) is 4.90 Å². The first kappa shape index (κ1) is 18.5. The highest BCUT2D eigenvalue weighted by atomic mass is 16.5. The summed E-state index contributed by atoms with van der Waals surface area (Å²) < 4.78 is 16.2. The van der Waals surface area contributed by atoms with Crippen molar-refractivity contribution in [3.63, 3.8) is 0 Å². The van der Waals surface area contributed by atoms with Crippen molar-refractivity contribution in [3.05, 3.63) is 47.6 Å². The number of amides is 1. The predicted octanol–water partition coefficient (Wildman–Crippen LogP) is 2.18. The third kappa shape index (κ3) is 5.12. The van der Waals surface area contributed by atoms with Gasteiger partial charge in [-0.2, -0.15) is 4.98 Å². The molecule has 1 aliphatic heterocycles. The Labute approximate surface area is 153 Å². The summed E-state index contributed by atoms with van der Waals surface area (Å²) in [6.45, 7) is 4.98. The summed E-state index contributed by atoms with van der Waals surface area (Å²) in [7, 11) is 0. The van der Waals surface area contributed by atoms with Gasteiger partial charge in [-0.25, -0.2) is 0 Å². The van der Waals surface area contributed by atoms with E-state index >= 15 is 0 Å². The van der Waals surface area contributed by atoms with E-state index in [1.807, 2.05) is 37.3 Å². The molecule has 1 fully saturated rings. The molecule has 1 atom stereocenters. The summed E-state index contributed by atoms with van der Waals surface area (Å²) in [6, 6.07) is 10.0. The molecule has 7 nitrogen and oxygen atoms in total. The highest BCUT2D eigenvalue weighted by molar-refractivity contribution is 5.77. The van der Waals surface area contributed by atoms with Crippen LogP contribution in [0.15, 0.2) is 34.9 Å². The largest absolute Gasteiger partial charge is 0.376 e. The van der Waals surface area contributed by atoms with Crippen LogP contribution in [0.1, 0.15) is 36.5 Å². The lowest BCUT2D eigenvalue weighted by molar-refractivity contribution is -0.134. The summed E-state index contributed by atoms with van der Waals surface area (Å²) in [5.74, 6) is 1.37. The lowest BCUT2D eigenvalue weighted by atomic mass is 10.1. The van der Waals surface area contributed by atoms with Gasteiger partial charge in [0.05, 0.1) is 19.1 Å². The van der Waals surface area contributed by atoms with Gasteiger partial charge in [-0.1, -0.05) is 35.5 Å². The highest BCUT2D eigenvalue weighted by Gasteiger charge is 2.30. The molecule has 0 radical (unpaired) electrons. The zero-order valence-corrected chi connectivity index (χ0v) is 15.1. The Kier molecular flexibility index (Phi) is 6.74. The molecule has 1 aromatic carbocycles. The van der Waals surface area contributed by atoms with Gasteiger partial charge in [-0.15, -0.1) is 0 Å². The summed E-state index contributed by atoms with van der Waals surface area (Å²) in [5, 5.41) is 4.03. The molecule has 0 bridgehead atoms. The minimum absolute atomic E-state index is 0.0170. The van der Waals surface area contributed by atoms with Crippen LogP contribution in [0.25, 0.3) is 0 Å². The molecule has 1 aromatic heterocycles. The Hall–Kier alpha value is -2.25. The van der Waals surface area contributed by atoms with Gasteiger partial charge < -0.3 is 18.9 Å². The molecule has 2 aromatic rings. The van der Waals surface area contributed by atoms with Crippen LogP contribution >= 0.6 is 0 Å². The van der Waals surface area contributed by atoms with Crippen molar-refractivity contribution in [1.29, 1.82) is 0 Å². The third-order valence-corrected chi connectivity index (χ3v) is 4.39. The van der Waals surface area contributed by atoms with E-state index in [4.69, 9.17) is 14.0 Å². The maximum Gasteiger partial charge on any atom is 0.248 e. The van der Waals surface area contributed by atoms with Crippen LogP contribution in [0.4, 0.5) is 0 Å². The average Bonchev–Trinajstić information content (AvgIpc) is 3.33. The average molecular weight is 359 g/mol. The molecule has 2 heterocycles. The number of likely N-dealkylation sites (tertiary alicyclic amines) is 1. The van der Waals surface area contributed by atoms with Crippen molar-refractivity contribution in [1.82, 2.24) is 15.0 Å². The van der Waals surface area contributed by atoms with Gasteiger partial charge in [-0.3, -0.25) is 4.79 Å². The monoisotopic (exact) mass is 359 g/mol. The Bertz CT molecular complexity index is 689. The fraction of sp³-hybridized carbons (Fsp3) is 0.526. The first-order valence-corrected chi connectivity index (χ1v) is 9.06. The molecule has 1 saturated heterocycles. The Morgan fingerprint density at radius 2 is 2.15 bits per heavy atom. The third-order valence-electron chi connectivity index (χ3n) is 4.39. The number of carbonyl (C=O) groups is 1. The molecule has 1 aliphatic rings. The Morgan fingerprint density at radius 1 is 1.31 bits per heavy atom. The van der Waals surface area contributed by atoms with Crippen molar-refractivity contribution in [3.8, 4) is 0 Å². The van der Waals surface area contributed by atoms with Crippen LogP contribution in [0, 0.1) is 0 Å². The smallest absolute Gasteiger partial charge is 0.248 e. The van der Waals surface area contributed by atoms with Crippen molar-refractivity contribution < 1.29 is 18.8 Å². The highest BCUT2D eigenvalue weighted by Crippen LogP contribution is 2.26. The van der Waals surface area contributed by atoms with E-state index in [1.165, 1.54) is 0 Å². The fourth-order valence-corrected chi connectivity index (χ4v) is 2.93. The number of carbonyl (C=O) groups excluding carboxylic acids is 1. The Balaban J connectivity index is 1.41. The van der Waals surface area contributed by atoms with Crippen LogP contribution in [-0.4, -0.2) is 53.9 Å². The zero-order chi connectivity index (χ0) is 18.2. The minimum atomic E-state index is 0.0170. The van der Waals surface area contributed by atoms with E-state index in [0.29, 0.717) is 51.0 Å². The predicted molar refractivity (Wildman–Crippen MR) is 94.5 cm³/mol. The van der Waals surface area contributed by atoms with Crippen LogP contribution in [0.2, 0.25) is 0 Å². The topological polar surface area (TPSA) is 77.7 Å².